The Kier molecular flexibility index (Phi) is 3.25. The van der Waals surface area contributed by atoms with E-state index in [-0.39, 0.29) is 11.5 Å². The van der Waals surface area contributed by atoms with Crippen LogP contribution in [0.4, 0.5) is 11.4 Å². The van der Waals surface area contributed by atoms with Crippen molar-refractivity contribution in [3.63, 3.8) is 0 Å². The molecule has 0 bridgehead atoms. The van der Waals surface area contributed by atoms with E-state index in [0.717, 1.165) is 32.6 Å². The molecule has 0 unspecified atom stereocenters. The molecule has 6 rings (SSSR count). The zero-order chi connectivity index (χ0) is 18.7. The van der Waals surface area contributed by atoms with Gasteiger partial charge in [0.1, 0.15) is 5.58 Å². The second-order valence-corrected chi connectivity index (χ2v) is 7.97. The Balaban J connectivity index is 1.78. The largest absolute Gasteiger partial charge is 0.422 e. The van der Waals surface area contributed by atoms with Crippen LogP contribution in [0.5, 0.6) is 0 Å². The molecule has 3 heterocycles. The Hall–Kier alpha value is -3.37. The Labute approximate surface area is 164 Å². The number of thiophene rings is 1. The van der Waals surface area contributed by atoms with Gasteiger partial charge in [-0.05, 0) is 46.0 Å². The summed E-state index contributed by atoms with van der Waals surface area (Å²) in [6.45, 7) is 0. The summed E-state index contributed by atoms with van der Waals surface area (Å²) >= 11 is 1.67. The van der Waals surface area contributed by atoms with Crippen molar-refractivity contribution in [1.82, 2.24) is 0 Å². The molecule has 0 spiro atoms. The van der Waals surface area contributed by atoms with Gasteiger partial charge in [0.25, 0.3) is 0 Å². The van der Waals surface area contributed by atoms with Gasteiger partial charge in [0.2, 0.25) is 0 Å². The highest BCUT2D eigenvalue weighted by atomic mass is 32.1. The first-order valence-electron chi connectivity index (χ1n) is 9.19. The van der Waals surface area contributed by atoms with Crippen LogP contribution < -0.4 is 10.9 Å². The monoisotopic (exact) mass is 381 g/mol. The Morgan fingerprint density at radius 3 is 2.50 bits per heavy atom. The number of nitrogens with one attached hydrogen (secondary N) is 1. The van der Waals surface area contributed by atoms with Crippen LogP contribution in [0.15, 0.2) is 87.4 Å². The molecule has 1 N–H and O–H groups in total. The van der Waals surface area contributed by atoms with E-state index in [9.17, 15) is 4.79 Å². The second kappa shape index (κ2) is 5.81. The zero-order valence-electron chi connectivity index (χ0n) is 14.8. The number of fused-ring (bicyclic) bond motifs is 6. The number of hydrogen-bond donors (Lipinski definition) is 1. The average Bonchev–Trinajstić information content (AvgIpc) is 3.27. The third-order valence-corrected chi connectivity index (χ3v) is 6.42. The highest BCUT2D eigenvalue weighted by molar-refractivity contribution is 7.10. The minimum atomic E-state index is -0.279. The summed E-state index contributed by atoms with van der Waals surface area (Å²) in [5, 5.41) is 8.86. The first-order valence-corrected chi connectivity index (χ1v) is 10.1. The second-order valence-electron chi connectivity index (χ2n) is 7.00. The van der Waals surface area contributed by atoms with E-state index in [2.05, 4.69) is 41.0 Å². The molecule has 2 aromatic heterocycles. The van der Waals surface area contributed by atoms with Gasteiger partial charge in [0.05, 0.1) is 17.2 Å². The number of rotatable bonds is 1. The molecule has 4 heteroatoms. The van der Waals surface area contributed by atoms with Gasteiger partial charge >= 0.3 is 5.63 Å². The van der Waals surface area contributed by atoms with Crippen LogP contribution in [0.1, 0.15) is 21.9 Å². The fraction of sp³-hybridized carbons (Fsp3) is 0.0417. The van der Waals surface area contributed by atoms with E-state index in [0.29, 0.717) is 11.1 Å². The Morgan fingerprint density at radius 2 is 1.64 bits per heavy atom. The van der Waals surface area contributed by atoms with E-state index in [4.69, 9.17) is 4.42 Å². The fourth-order valence-electron chi connectivity index (χ4n) is 4.30. The molecule has 0 saturated heterocycles. The molecule has 134 valence electrons. The van der Waals surface area contributed by atoms with Crippen molar-refractivity contribution in [3.05, 3.63) is 105 Å². The van der Waals surface area contributed by atoms with Crippen LogP contribution in [0.25, 0.3) is 21.7 Å². The summed E-state index contributed by atoms with van der Waals surface area (Å²) in [5.41, 5.74) is 4.04. The molecule has 28 heavy (non-hydrogen) atoms. The first-order chi connectivity index (χ1) is 13.8. The number of hydrogen-bond acceptors (Lipinski definition) is 4. The van der Waals surface area contributed by atoms with Crippen LogP contribution in [-0.2, 0) is 0 Å². The van der Waals surface area contributed by atoms with Crippen molar-refractivity contribution in [2.24, 2.45) is 0 Å². The SMILES string of the molecule is O=c1oc2ccccc2c2c1[C@H](c1cccs1)c1c(ccc3ccccc13)N2. The molecule has 3 nitrogen and oxygen atoms in total. The van der Waals surface area contributed by atoms with Crippen LogP contribution in [-0.4, -0.2) is 0 Å². The lowest BCUT2D eigenvalue weighted by Gasteiger charge is -2.29. The molecule has 0 radical (unpaired) electrons. The summed E-state index contributed by atoms with van der Waals surface area (Å²) in [5.74, 6) is -0.154. The molecular formula is C24H15NO2S. The van der Waals surface area contributed by atoms with E-state index in [1.54, 1.807) is 11.3 Å². The van der Waals surface area contributed by atoms with E-state index in [1.165, 1.54) is 5.39 Å². The van der Waals surface area contributed by atoms with Crippen molar-refractivity contribution in [2.45, 2.75) is 5.92 Å². The van der Waals surface area contributed by atoms with Gasteiger partial charge in [-0.1, -0.05) is 48.5 Å². The summed E-state index contributed by atoms with van der Waals surface area (Å²) in [6, 6.07) is 24.4. The summed E-state index contributed by atoms with van der Waals surface area (Å²) in [6.07, 6.45) is 0. The Bertz CT molecular complexity index is 1420. The minimum Gasteiger partial charge on any atom is -0.422 e. The number of benzene rings is 3. The van der Waals surface area contributed by atoms with E-state index < -0.39 is 0 Å². The predicted molar refractivity (Wildman–Crippen MR) is 115 cm³/mol. The molecule has 3 aromatic carbocycles. The first kappa shape index (κ1) is 15.7. The van der Waals surface area contributed by atoms with Crippen molar-refractivity contribution in [1.29, 1.82) is 0 Å². The lowest BCUT2D eigenvalue weighted by molar-refractivity contribution is 0.549. The lowest BCUT2D eigenvalue weighted by Crippen LogP contribution is -2.22. The maximum absolute atomic E-state index is 13.1. The molecule has 1 aliphatic rings. The highest BCUT2D eigenvalue weighted by Crippen LogP contribution is 2.49. The van der Waals surface area contributed by atoms with Gasteiger partial charge in [0.15, 0.2) is 0 Å². The fourth-order valence-corrected chi connectivity index (χ4v) is 5.14. The minimum absolute atomic E-state index is 0.154. The molecule has 0 aliphatic carbocycles. The van der Waals surface area contributed by atoms with Crippen molar-refractivity contribution < 1.29 is 4.42 Å². The van der Waals surface area contributed by atoms with E-state index in [1.807, 2.05) is 42.5 Å². The highest BCUT2D eigenvalue weighted by Gasteiger charge is 2.33. The smallest absolute Gasteiger partial charge is 0.342 e. The Morgan fingerprint density at radius 1 is 0.821 bits per heavy atom. The maximum Gasteiger partial charge on any atom is 0.342 e. The van der Waals surface area contributed by atoms with Crippen LogP contribution >= 0.6 is 11.3 Å². The van der Waals surface area contributed by atoms with Gasteiger partial charge < -0.3 is 9.73 Å². The third-order valence-electron chi connectivity index (χ3n) is 5.48. The van der Waals surface area contributed by atoms with Gasteiger partial charge in [0, 0.05) is 16.0 Å². The van der Waals surface area contributed by atoms with Crippen LogP contribution in [0.3, 0.4) is 0 Å². The lowest BCUT2D eigenvalue weighted by atomic mass is 9.82. The van der Waals surface area contributed by atoms with Gasteiger partial charge in [-0.2, -0.15) is 0 Å². The molecule has 1 aliphatic heterocycles. The quantitative estimate of drug-likeness (QED) is 0.343. The van der Waals surface area contributed by atoms with Gasteiger partial charge in [-0.25, -0.2) is 4.79 Å². The number of para-hydroxylation sites is 1. The summed E-state index contributed by atoms with van der Waals surface area (Å²) in [4.78, 5) is 14.3. The van der Waals surface area contributed by atoms with Crippen molar-refractivity contribution >= 4 is 44.5 Å². The normalized spacial score (nSPS) is 15.2. The summed E-state index contributed by atoms with van der Waals surface area (Å²) < 4.78 is 5.72. The maximum atomic E-state index is 13.1. The molecule has 0 saturated carbocycles. The van der Waals surface area contributed by atoms with Gasteiger partial charge in [-0.3, -0.25) is 0 Å². The standard InChI is InChI=1S/C24H15NO2S/c26-24-22-21(19-10-5-13-28-19)20-15-7-2-1-6-14(15)11-12-17(20)25-23(22)16-8-3-4-9-18(16)27-24/h1-13,21,25H/t21-/m1/s1. The zero-order valence-corrected chi connectivity index (χ0v) is 15.6. The molecular weight excluding hydrogens is 366 g/mol. The van der Waals surface area contributed by atoms with Crippen LogP contribution in [0, 0.1) is 0 Å². The van der Waals surface area contributed by atoms with Crippen molar-refractivity contribution in [2.75, 3.05) is 5.32 Å². The number of anilines is 2. The average molecular weight is 381 g/mol. The topological polar surface area (TPSA) is 42.2 Å². The molecule has 5 aromatic rings. The van der Waals surface area contributed by atoms with Gasteiger partial charge in [-0.15, -0.1) is 11.3 Å². The summed E-state index contributed by atoms with van der Waals surface area (Å²) in [7, 11) is 0. The predicted octanol–water partition coefficient (Wildman–Crippen LogP) is 6.24. The molecule has 1 atom stereocenters. The van der Waals surface area contributed by atoms with Crippen LogP contribution in [0.2, 0.25) is 0 Å². The molecule has 0 fully saturated rings. The van der Waals surface area contributed by atoms with E-state index >= 15 is 0 Å². The molecule has 0 amide bonds. The van der Waals surface area contributed by atoms with Crippen molar-refractivity contribution in [3.8, 4) is 0 Å². The third kappa shape index (κ3) is 2.12.